The van der Waals surface area contributed by atoms with Crippen molar-refractivity contribution in [2.75, 3.05) is 25.4 Å². The number of hydrogen-bond donors (Lipinski definition) is 1. The van der Waals surface area contributed by atoms with Crippen LogP contribution in [-0.2, 0) is 6.42 Å². The highest BCUT2D eigenvalue weighted by Crippen LogP contribution is 2.34. The summed E-state index contributed by atoms with van der Waals surface area (Å²) in [5.41, 5.74) is 7.78. The molecule has 1 unspecified atom stereocenters. The molecule has 0 radical (unpaired) electrons. The average Bonchev–Trinajstić information content (AvgIpc) is 2.67. The molecule has 2 N–H and O–H groups in total. The molecule has 2 nitrogen and oxygen atoms in total. The summed E-state index contributed by atoms with van der Waals surface area (Å²) in [5, 5.41) is 0. The van der Waals surface area contributed by atoms with Crippen molar-refractivity contribution in [2.24, 2.45) is 5.73 Å². The topological polar surface area (TPSA) is 29.3 Å². The summed E-state index contributed by atoms with van der Waals surface area (Å²) < 4.78 is 0.398. The fraction of sp³-hybridized carbons (Fsp3) is 0.667. The summed E-state index contributed by atoms with van der Waals surface area (Å²) in [6.07, 6.45) is 3.42. The SMILES string of the molecule is CCC(CN)(Cc1ccccc1)N1CCSC(C)(C)CC1. The second kappa shape index (κ2) is 7.17. The minimum absolute atomic E-state index is 0.113. The number of hydrogen-bond acceptors (Lipinski definition) is 3. The molecule has 0 aliphatic carbocycles. The van der Waals surface area contributed by atoms with Crippen molar-refractivity contribution in [2.45, 2.75) is 50.3 Å². The Morgan fingerprint density at radius 1 is 1.24 bits per heavy atom. The van der Waals surface area contributed by atoms with Crippen LogP contribution in [0.1, 0.15) is 39.2 Å². The van der Waals surface area contributed by atoms with Gasteiger partial charge in [0.2, 0.25) is 0 Å². The van der Waals surface area contributed by atoms with Crippen LogP contribution in [0.5, 0.6) is 0 Å². The fourth-order valence-corrected chi connectivity index (χ4v) is 4.38. The van der Waals surface area contributed by atoms with Crippen LogP contribution in [0.4, 0.5) is 0 Å². The van der Waals surface area contributed by atoms with Gasteiger partial charge in [-0.25, -0.2) is 0 Å². The molecular formula is C18H30N2S. The van der Waals surface area contributed by atoms with Crippen molar-refractivity contribution < 1.29 is 0 Å². The minimum Gasteiger partial charge on any atom is -0.329 e. The summed E-state index contributed by atoms with van der Waals surface area (Å²) in [5.74, 6) is 1.21. The van der Waals surface area contributed by atoms with Gasteiger partial charge in [-0.1, -0.05) is 51.1 Å². The van der Waals surface area contributed by atoms with E-state index in [0.717, 1.165) is 32.5 Å². The molecule has 0 aromatic heterocycles. The van der Waals surface area contributed by atoms with Gasteiger partial charge in [0.25, 0.3) is 0 Å². The maximum absolute atomic E-state index is 6.27. The molecule has 0 bridgehead atoms. The zero-order valence-electron chi connectivity index (χ0n) is 13.8. The third-order valence-electron chi connectivity index (χ3n) is 4.92. The van der Waals surface area contributed by atoms with Crippen LogP contribution in [0, 0.1) is 0 Å². The lowest BCUT2D eigenvalue weighted by Gasteiger charge is -2.43. The Kier molecular flexibility index (Phi) is 5.75. The van der Waals surface area contributed by atoms with Gasteiger partial charge in [0, 0.05) is 35.7 Å². The van der Waals surface area contributed by atoms with Gasteiger partial charge in [0.05, 0.1) is 0 Å². The quantitative estimate of drug-likeness (QED) is 0.902. The summed E-state index contributed by atoms with van der Waals surface area (Å²) in [6.45, 7) is 10.1. The van der Waals surface area contributed by atoms with E-state index >= 15 is 0 Å². The lowest BCUT2D eigenvalue weighted by Crippen LogP contribution is -2.56. The molecule has 1 aromatic rings. The zero-order chi connectivity index (χ0) is 15.3. The first-order valence-electron chi connectivity index (χ1n) is 8.14. The van der Waals surface area contributed by atoms with Gasteiger partial charge in [-0.15, -0.1) is 0 Å². The van der Waals surface area contributed by atoms with Gasteiger partial charge >= 0.3 is 0 Å². The van der Waals surface area contributed by atoms with E-state index in [4.69, 9.17) is 5.73 Å². The highest BCUT2D eigenvalue weighted by molar-refractivity contribution is 8.00. The highest BCUT2D eigenvalue weighted by Gasteiger charge is 2.36. The first kappa shape index (κ1) is 16.9. The predicted octanol–water partition coefficient (Wildman–Crippen LogP) is 3.55. The zero-order valence-corrected chi connectivity index (χ0v) is 14.6. The first-order chi connectivity index (χ1) is 10.0. The van der Waals surface area contributed by atoms with Gasteiger partial charge in [0.1, 0.15) is 0 Å². The largest absolute Gasteiger partial charge is 0.329 e. The van der Waals surface area contributed by atoms with Crippen molar-refractivity contribution >= 4 is 11.8 Å². The normalized spacial score (nSPS) is 22.5. The van der Waals surface area contributed by atoms with E-state index in [1.165, 1.54) is 17.7 Å². The first-order valence-corrected chi connectivity index (χ1v) is 9.13. The Balaban J connectivity index is 2.17. The molecule has 2 rings (SSSR count). The van der Waals surface area contributed by atoms with E-state index in [1.54, 1.807) is 0 Å². The van der Waals surface area contributed by atoms with Crippen LogP contribution >= 0.6 is 11.8 Å². The van der Waals surface area contributed by atoms with Gasteiger partial charge in [-0.3, -0.25) is 4.90 Å². The second-order valence-corrected chi connectivity index (χ2v) is 8.59. The maximum Gasteiger partial charge on any atom is 0.0369 e. The van der Waals surface area contributed by atoms with Crippen molar-refractivity contribution in [1.82, 2.24) is 4.90 Å². The van der Waals surface area contributed by atoms with Crippen LogP contribution < -0.4 is 5.73 Å². The molecule has 21 heavy (non-hydrogen) atoms. The van der Waals surface area contributed by atoms with Crippen LogP contribution in [0.15, 0.2) is 30.3 Å². The third kappa shape index (κ3) is 4.24. The Morgan fingerprint density at radius 3 is 2.57 bits per heavy atom. The van der Waals surface area contributed by atoms with Crippen LogP contribution in [0.25, 0.3) is 0 Å². The third-order valence-corrected chi connectivity index (χ3v) is 6.29. The van der Waals surface area contributed by atoms with Crippen molar-refractivity contribution in [3.63, 3.8) is 0 Å². The van der Waals surface area contributed by atoms with Crippen molar-refractivity contribution in [3.05, 3.63) is 35.9 Å². The van der Waals surface area contributed by atoms with Crippen molar-refractivity contribution in [1.29, 1.82) is 0 Å². The second-order valence-electron chi connectivity index (χ2n) is 6.79. The molecule has 1 atom stereocenters. The lowest BCUT2D eigenvalue weighted by atomic mass is 9.85. The number of benzene rings is 1. The number of rotatable bonds is 5. The van der Waals surface area contributed by atoms with Crippen LogP contribution in [-0.4, -0.2) is 40.6 Å². The fourth-order valence-electron chi connectivity index (χ4n) is 3.28. The van der Waals surface area contributed by atoms with Crippen molar-refractivity contribution in [3.8, 4) is 0 Å². The Hall–Kier alpha value is -0.510. The van der Waals surface area contributed by atoms with Crippen LogP contribution in [0.2, 0.25) is 0 Å². The number of thioether (sulfide) groups is 1. The van der Waals surface area contributed by atoms with Gasteiger partial charge in [-0.05, 0) is 24.8 Å². The maximum atomic E-state index is 6.27. The standard InChI is InChI=1S/C18H30N2S/c1-4-18(15-19,14-16-8-6-5-7-9-16)20-11-10-17(2,3)21-13-12-20/h5-9H,4,10-15,19H2,1-3H3. The summed E-state index contributed by atoms with van der Waals surface area (Å²) in [7, 11) is 0. The average molecular weight is 307 g/mol. The van der Waals surface area contributed by atoms with E-state index in [1.807, 2.05) is 0 Å². The smallest absolute Gasteiger partial charge is 0.0369 e. The molecule has 1 fully saturated rings. The molecule has 1 aliphatic heterocycles. The summed E-state index contributed by atoms with van der Waals surface area (Å²) in [4.78, 5) is 2.67. The Morgan fingerprint density at radius 2 is 1.95 bits per heavy atom. The predicted molar refractivity (Wildman–Crippen MR) is 94.9 cm³/mol. The molecule has 1 heterocycles. The molecule has 1 saturated heterocycles. The van der Waals surface area contributed by atoms with Gasteiger partial charge in [0.15, 0.2) is 0 Å². The highest BCUT2D eigenvalue weighted by atomic mass is 32.2. The van der Waals surface area contributed by atoms with Crippen LogP contribution in [0.3, 0.4) is 0 Å². The Bertz CT molecular complexity index is 426. The molecule has 3 heteroatoms. The Labute approximate surface area is 134 Å². The summed E-state index contributed by atoms with van der Waals surface area (Å²) >= 11 is 2.11. The summed E-state index contributed by atoms with van der Waals surface area (Å²) in [6, 6.07) is 10.8. The molecule has 1 aliphatic rings. The van der Waals surface area contributed by atoms with Gasteiger partial charge < -0.3 is 5.73 Å². The molecule has 1 aromatic carbocycles. The molecule has 118 valence electrons. The molecule has 0 spiro atoms. The lowest BCUT2D eigenvalue weighted by molar-refractivity contribution is 0.0946. The molecule has 0 saturated carbocycles. The number of nitrogens with zero attached hydrogens (tertiary/aromatic N) is 1. The minimum atomic E-state index is 0.113. The van der Waals surface area contributed by atoms with E-state index in [0.29, 0.717) is 4.75 Å². The molecule has 0 amide bonds. The number of nitrogens with two attached hydrogens (primary N) is 1. The molecular weight excluding hydrogens is 276 g/mol. The monoisotopic (exact) mass is 306 g/mol. The van der Waals surface area contributed by atoms with E-state index in [9.17, 15) is 0 Å². The van der Waals surface area contributed by atoms with Gasteiger partial charge in [-0.2, -0.15) is 11.8 Å². The van der Waals surface area contributed by atoms with E-state index in [-0.39, 0.29) is 5.54 Å². The van der Waals surface area contributed by atoms with E-state index < -0.39 is 0 Å². The van der Waals surface area contributed by atoms with E-state index in [2.05, 4.69) is 67.8 Å².